The molecular weight excluding hydrogens is 256 g/mol. The summed E-state index contributed by atoms with van der Waals surface area (Å²) in [4.78, 5) is 24.3. The molecule has 0 spiro atoms. The van der Waals surface area contributed by atoms with Crippen molar-refractivity contribution in [2.45, 2.75) is 0 Å². The van der Waals surface area contributed by atoms with Crippen LogP contribution >= 0.6 is 0 Å². The van der Waals surface area contributed by atoms with E-state index in [2.05, 4.69) is 5.43 Å². The molecule has 2 aromatic carbocycles. The van der Waals surface area contributed by atoms with Crippen molar-refractivity contribution in [2.24, 2.45) is 0 Å². The Balaban J connectivity index is 1.85. The number of nitrogens with zero attached hydrogens (tertiary/aromatic N) is 1. The van der Waals surface area contributed by atoms with Crippen molar-refractivity contribution >= 4 is 17.5 Å². The van der Waals surface area contributed by atoms with Gasteiger partial charge in [-0.2, -0.15) is 5.01 Å². The summed E-state index contributed by atoms with van der Waals surface area (Å²) in [6.07, 6.45) is 0. The maximum absolute atomic E-state index is 12.2. The van der Waals surface area contributed by atoms with Crippen LogP contribution in [0.1, 0.15) is 20.7 Å². The highest BCUT2D eigenvalue weighted by molar-refractivity contribution is 6.21. The number of carbonyl (C=O) groups is 2. The minimum atomic E-state index is -0.346. The highest BCUT2D eigenvalue weighted by Crippen LogP contribution is 2.24. The number of nitrogens with one attached hydrogen (secondary N) is 1. The molecule has 0 saturated carbocycles. The number of hydrogen-bond donors (Lipinski definition) is 1. The summed E-state index contributed by atoms with van der Waals surface area (Å²) in [5.74, 6) is 0.0146. The Morgan fingerprint density at radius 2 is 1.45 bits per heavy atom. The van der Waals surface area contributed by atoms with Crippen LogP contribution < -0.4 is 10.2 Å². The summed E-state index contributed by atoms with van der Waals surface area (Å²) in [7, 11) is 1.58. The van der Waals surface area contributed by atoms with E-state index in [1.165, 1.54) is 0 Å². The molecule has 0 saturated heterocycles. The van der Waals surface area contributed by atoms with Crippen molar-refractivity contribution in [2.75, 3.05) is 12.5 Å². The minimum Gasteiger partial charge on any atom is -0.497 e. The van der Waals surface area contributed by atoms with Gasteiger partial charge in [-0.1, -0.05) is 12.1 Å². The Morgan fingerprint density at radius 1 is 0.900 bits per heavy atom. The number of methoxy groups -OCH3 is 1. The lowest BCUT2D eigenvalue weighted by atomic mass is 10.1. The molecule has 2 aromatic rings. The first-order valence-electron chi connectivity index (χ1n) is 6.09. The van der Waals surface area contributed by atoms with Crippen molar-refractivity contribution in [3.05, 3.63) is 59.7 Å². The quantitative estimate of drug-likeness (QED) is 0.868. The molecule has 0 atom stereocenters. The number of hydrogen-bond acceptors (Lipinski definition) is 4. The fraction of sp³-hybridized carbons (Fsp3) is 0.0667. The molecular formula is C15H12N2O3. The predicted molar refractivity (Wildman–Crippen MR) is 73.6 cm³/mol. The van der Waals surface area contributed by atoms with Gasteiger partial charge in [0, 0.05) is 0 Å². The zero-order valence-electron chi connectivity index (χ0n) is 10.8. The molecule has 0 unspecified atom stereocenters. The smallest absolute Gasteiger partial charge is 0.280 e. The number of fused-ring (bicyclic) bond motifs is 1. The molecule has 0 aliphatic carbocycles. The molecule has 2 amide bonds. The average Bonchev–Trinajstić information content (AvgIpc) is 2.74. The lowest BCUT2D eigenvalue weighted by molar-refractivity contribution is 0.0691. The summed E-state index contributed by atoms with van der Waals surface area (Å²) in [5, 5.41) is 1.02. The van der Waals surface area contributed by atoms with E-state index >= 15 is 0 Å². The first-order chi connectivity index (χ1) is 9.70. The summed E-state index contributed by atoms with van der Waals surface area (Å²) >= 11 is 0. The minimum absolute atomic E-state index is 0.346. The lowest BCUT2D eigenvalue weighted by Gasteiger charge is -2.16. The maximum atomic E-state index is 12.2. The molecule has 3 rings (SSSR count). The second-order valence-corrected chi connectivity index (χ2v) is 4.33. The lowest BCUT2D eigenvalue weighted by Crippen LogP contribution is -2.35. The van der Waals surface area contributed by atoms with E-state index in [0.29, 0.717) is 22.6 Å². The van der Waals surface area contributed by atoms with Crippen molar-refractivity contribution in [3.63, 3.8) is 0 Å². The third-order valence-corrected chi connectivity index (χ3v) is 3.12. The average molecular weight is 268 g/mol. The van der Waals surface area contributed by atoms with Crippen LogP contribution in [0.2, 0.25) is 0 Å². The summed E-state index contributed by atoms with van der Waals surface area (Å²) in [5.41, 5.74) is 4.29. The number of amides is 2. The van der Waals surface area contributed by atoms with Crippen molar-refractivity contribution in [1.29, 1.82) is 0 Å². The van der Waals surface area contributed by atoms with Crippen molar-refractivity contribution < 1.29 is 14.3 Å². The van der Waals surface area contributed by atoms with Crippen LogP contribution in [-0.4, -0.2) is 23.9 Å². The molecule has 1 aliphatic rings. The molecule has 100 valence electrons. The third-order valence-electron chi connectivity index (χ3n) is 3.12. The number of ether oxygens (including phenoxy) is 1. The van der Waals surface area contributed by atoms with E-state index in [-0.39, 0.29) is 11.8 Å². The molecule has 1 N–H and O–H groups in total. The Hall–Kier alpha value is -2.82. The summed E-state index contributed by atoms with van der Waals surface area (Å²) in [6, 6.07) is 13.7. The van der Waals surface area contributed by atoms with Gasteiger partial charge in [0.2, 0.25) is 0 Å². The van der Waals surface area contributed by atoms with Gasteiger partial charge in [-0.15, -0.1) is 0 Å². The Morgan fingerprint density at radius 3 is 1.95 bits per heavy atom. The molecule has 0 aromatic heterocycles. The van der Waals surface area contributed by atoms with Gasteiger partial charge in [-0.05, 0) is 36.4 Å². The van der Waals surface area contributed by atoms with Gasteiger partial charge in [0.15, 0.2) is 0 Å². The number of hydrazine groups is 1. The van der Waals surface area contributed by atoms with E-state index in [1.807, 2.05) is 0 Å². The number of imide groups is 1. The van der Waals surface area contributed by atoms with Crippen LogP contribution in [0.5, 0.6) is 5.75 Å². The van der Waals surface area contributed by atoms with Gasteiger partial charge in [0.05, 0.1) is 23.9 Å². The van der Waals surface area contributed by atoms with Crippen molar-refractivity contribution in [1.82, 2.24) is 5.01 Å². The molecule has 0 radical (unpaired) electrons. The van der Waals surface area contributed by atoms with Gasteiger partial charge in [-0.25, -0.2) is 0 Å². The topological polar surface area (TPSA) is 58.6 Å². The van der Waals surface area contributed by atoms with Crippen LogP contribution in [0.25, 0.3) is 0 Å². The van der Waals surface area contributed by atoms with Gasteiger partial charge in [0.1, 0.15) is 5.75 Å². The molecule has 0 bridgehead atoms. The van der Waals surface area contributed by atoms with E-state index in [0.717, 1.165) is 5.01 Å². The monoisotopic (exact) mass is 268 g/mol. The van der Waals surface area contributed by atoms with Crippen LogP contribution in [0, 0.1) is 0 Å². The Kier molecular flexibility index (Phi) is 2.87. The normalized spacial score (nSPS) is 13.3. The first kappa shape index (κ1) is 12.2. The second kappa shape index (κ2) is 4.70. The van der Waals surface area contributed by atoms with E-state index in [1.54, 1.807) is 55.6 Å². The standard InChI is InChI=1S/C15H12N2O3/c1-20-11-8-6-10(7-9-11)16-17-14(18)12-4-2-3-5-13(12)15(17)19/h2-9,16H,1H3. The van der Waals surface area contributed by atoms with Crippen LogP contribution in [0.4, 0.5) is 5.69 Å². The largest absolute Gasteiger partial charge is 0.497 e. The van der Waals surface area contributed by atoms with Crippen LogP contribution in [0.15, 0.2) is 48.5 Å². The maximum Gasteiger partial charge on any atom is 0.280 e. The van der Waals surface area contributed by atoms with Gasteiger partial charge >= 0.3 is 0 Å². The van der Waals surface area contributed by atoms with E-state index < -0.39 is 0 Å². The predicted octanol–water partition coefficient (Wildman–Crippen LogP) is 2.32. The van der Waals surface area contributed by atoms with E-state index in [4.69, 9.17) is 4.74 Å². The van der Waals surface area contributed by atoms with Crippen molar-refractivity contribution in [3.8, 4) is 5.75 Å². The summed E-state index contributed by atoms with van der Waals surface area (Å²) in [6.45, 7) is 0. The fourth-order valence-electron chi connectivity index (χ4n) is 2.09. The molecule has 1 aliphatic heterocycles. The highest BCUT2D eigenvalue weighted by Gasteiger charge is 2.35. The Bertz CT molecular complexity index is 645. The molecule has 5 nitrogen and oxygen atoms in total. The highest BCUT2D eigenvalue weighted by atomic mass is 16.5. The molecule has 20 heavy (non-hydrogen) atoms. The molecule has 1 heterocycles. The van der Waals surface area contributed by atoms with Gasteiger partial charge in [-0.3, -0.25) is 15.0 Å². The van der Waals surface area contributed by atoms with Gasteiger partial charge < -0.3 is 4.74 Å². The van der Waals surface area contributed by atoms with Crippen LogP contribution in [0.3, 0.4) is 0 Å². The number of benzene rings is 2. The van der Waals surface area contributed by atoms with E-state index in [9.17, 15) is 9.59 Å². The SMILES string of the molecule is COc1ccc(NN2C(=O)c3ccccc3C2=O)cc1. The number of rotatable bonds is 3. The van der Waals surface area contributed by atoms with Crippen LogP contribution in [-0.2, 0) is 0 Å². The molecule has 5 heteroatoms. The second-order valence-electron chi connectivity index (χ2n) is 4.33. The fourth-order valence-corrected chi connectivity index (χ4v) is 2.09. The van der Waals surface area contributed by atoms with Gasteiger partial charge in [0.25, 0.3) is 11.8 Å². The zero-order valence-corrected chi connectivity index (χ0v) is 10.8. The Labute approximate surface area is 115 Å². The zero-order chi connectivity index (χ0) is 14.1. The number of carbonyl (C=O) groups excluding carboxylic acids is 2. The third kappa shape index (κ3) is 1.89. The number of anilines is 1. The first-order valence-corrected chi connectivity index (χ1v) is 6.09. The molecule has 0 fully saturated rings. The summed E-state index contributed by atoms with van der Waals surface area (Å²) < 4.78 is 5.06.